The van der Waals surface area contributed by atoms with Crippen LogP contribution in [-0.4, -0.2) is 0 Å². The van der Waals surface area contributed by atoms with Crippen molar-refractivity contribution >= 4 is 0 Å². The first-order valence-electron chi connectivity index (χ1n) is 8.77. The second-order valence-corrected chi connectivity index (χ2v) is 6.91. The quantitative estimate of drug-likeness (QED) is 0.700. The summed E-state index contributed by atoms with van der Waals surface area (Å²) in [4.78, 5) is 0. The highest BCUT2D eigenvalue weighted by molar-refractivity contribution is 5.31. The van der Waals surface area contributed by atoms with E-state index in [1.165, 1.54) is 11.1 Å². The number of aryl methyl sites for hydroxylation is 1. The van der Waals surface area contributed by atoms with E-state index in [0.717, 1.165) is 17.5 Å². The average Bonchev–Trinajstić information content (AvgIpc) is 2.65. The second kappa shape index (κ2) is 7.64. The predicted octanol–water partition coefficient (Wildman–Crippen LogP) is 4.48. The Hall–Kier alpha value is -2.42. The van der Waals surface area contributed by atoms with Gasteiger partial charge in [-0.2, -0.15) is 0 Å². The van der Waals surface area contributed by atoms with Crippen LogP contribution in [0.25, 0.3) is 0 Å². The van der Waals surface area contributed by atoms with Gasteiger partial charge in [-0.15, -0.1) is 0 Å². The van der Waals surface area contributed by atoms with Gasteiger partial charge in [0.15, 0.2) is 0 Å². The van der Waals surface area contributed by atoms with Gasteiger partial charge in [0.2, 0.25) is 0 Å². The minimum atomic E-state index is -0.508. The molecule has 2 atom stereocenters. The maximum atomic E-state index is 6.95. The van der Waals surface area contributed by atoms with Crippen LogP contribution in [0.3, 0.4) is 0 Å². The van der Waals surface area contributed by atoms with Crippen LogP contribution in [0.15, 0.2) is 84.9 Å². The third-order valence-electron chi connectivity index (χ3n) is 4.80. The van der Waals surface area contributed by atoms with E-state index in [-0.39, 0.29) is 6.04 Å². The third-order valence-corrected chi connectivity index (χ3v) is 4.80. The summed E-state index contributed by atoms with van der Waals surface area (Å²) in [5.74, 6) is 0. The third kappa shape index (κ3) is 4.36. The first kappa shape index (κ1) is 17.4. The van der Waals surface area contributed by atoms with Crippen LogP contribution in [0.5, 0.6) is 0 Å². The van der Waals surface area contributed by atoms with E-state index < -0.39 is 5.54 Å². The second-order valence-electron chi connectivity index (χ2n) is 6.91. The number of nitrogens with two attached hydrogens (primary N) is 2. The molecule has 0 radical (unpaired) electrons. The molecule has 0 aromatic heterocycles. The minimum Gasteiger partial charge on any atom is -0.324 e. The smallest absolute Gasteiger partial charge is 0.0468 e. The molecule has 2 nitrogen and oxygen atoms in total. The van der Waals surface area contributed by atoms with Gasteiger partial charge < -0.3 is 11.5 Å². The van der Waals surface area contributed by atoms with Gasteiger partial charge >= 0.3 is 0 Å². The maximum absolute atomic E-state index is 6.95. The van der Waals surface area contributed by atoms with Gasteiger partial charge in [0.05, 0.1) is 0 Å². The van der Waals surface area contributed by atoms with E-state index in [9.17, 15) is 0 Å². The van der Waals surface area contributed by atoms with Crippen molar-refractivity contribution in [2.75, 3.05) is 0 Å². The summed E-state index contributed by atoms with van der Waals surface area (Å²) in [6, 6.07) is 29.0. The molecule has 3 rings (SSSR count). The molecule has 0 bridgehead atoms. The van der Waals surface area contributed by atoms with Crippen LogP contribution >= 0.6 is 0 Å². The molecule has 0 aliphatic rings. The summed E-state index contributed by atoms with van der Waals surface area (Å²) < 4.78 is 0. The summed E-state index contributed by atoms with van der Waals surface area (Å²) in [7, 11) is 0. The lowest BCUT2D eigenvalue weighted by Crippen LogP contribution is -2.42. The zero-order chi connectivity index (χ0) is 17.7. The van der Waals surface area contributed by atoms with Crippen LogP contribution in [0, 0.1) is 6.92 Å². The topological polar surface area (TPSA) is 52.0 Å². The highest BCUT2D eigenvalue weighted by atomic mass is 14.8. The Balaban J connectivity index is 1.90. The van der Waals surface area contributed by atoms with Crippen molar-refractivity contribution in [3.63, 3.8) is 0 Å². The normalized spacial score (nSPS) is 14.7. The molecule has 128 valence electrons. The van der Waals surface area contributed by atoms with Gasteiger partial charge in [-0.05, 0) is 36.5 Å². The minimum absolute atomic E-state index is 0.100. The summed E-state index contributed by atoms with van der Waals surface area (Å²) in [6.45, 7) is 2.10. The van der Waals surface area contributed by atoms with Crippen LogP contribution < -0.4 is 11.5 Å². The first-order valence-corrected chi connectivity index (χ1v) is 8.77. The molecule has 2 unspecified atom stereocenters. The largest absolute Gasteiger partial charge is 0.324 e. The average molecular weight is 330 g/mol. The molecule has 2 heteroatoms. The molecule has 0 heterocycles. The monoisotopic (exact) mass is 330 g/mol. The highest BCUT2D eigenvalue weighted by Crippen LogP contribution is 2.32. The summed E-state index contributed by atoms with van der Waals surface area (Å²) in [6.07, 6.45) is 1.45. The van der Waals surface area contributed by atoms with Crippen molar-refractivity contribution in [3.05, 3.63) is 107 Å². The van der Waals surface area contributed by atoms with Crippen LogP contribution in [0.1, 0.15) is 34.7 Å². The van der Waals surface area contributed by atoms with Crippen molar-refractivity contribution in [2.45, 2.75) is 31.3 Å². The molecule has 3 aromatic rings. The van der Waals surface area contributed by atoms with Gasteiger partial charge in [-0.3, -0.25) is 0 Å². The molecule has 0 saturated carbocycles. The van der Waals surface area contributed by atoms with E-state index in [0.29, 0.717) is 6.42 Å². The van der Waals surface area contributed by atoms with E-state index in [1.807, 2.05) is 36.4 Å². The van der Waals surface area contributed by atoms with Crippen molar-refractivity contribution < 1.29 is 0 Å². The van der Waals surface area contributed by atoms with Gasteiger partial charge in [0.25, 0.3) is 0 Å². The molecule has 0 aliphatic heterocycles. The first-order chi connectivity index (χ1) is 12.1. The Labute approximate surface area is 150 Å². The molecule has 0 saturated heterocycles. The summed E-state index contributed by atoms with van der Waals surface area (Å²) in [5.41, 5.74) is 17.7. The van der Waals surface area contributed by atoms with Crippen molar-refractivity contribution in [2.24, 2.45) is 11.5 Å². The van der Waals surface area contributed by atoms with Gasteiger partial charge in [0, 0.05) is 11.6 Å². The van der Waals surface area contributed by atoms with E-state index in [2.05, 4.69) is 55.5 Å². The Bertz CT molecular complexity index is 781. The lowest BCUT2D eigenvalue weighted by atomic mass is 9.78. The lowest BCUT2D eigenvalue weighted by molar-refractivity contribution is 0.369. The molecular weight excluding hydrogens is 304 g/mol. The number of benzene rings is 3. The molecule has 0 amide bonds. The summed E-state index contributed by atoms with van der Waals surface area (Å²) in [5, 5.41) is 0. The van der Waals surface area contributed by atoms with Crippen molar-refractivity contribution in [3.8, 4) is 0 Å². The van der Waals surface area contributed by atoms with Gasteiger partial charge in [-0.1, -0.05) is 90.5 Å². The fraction of sp³-hybridized carbons (Fsp3) is 0.217. The summed E-state index contributed by atoms with van der Waals surface area (Å²) >= 11 is 0. The van der Waals surface area contributed by atoms with Gasteiger partial charge in [-0.25, -0.2) is 0 Å². The molecule has 4 N–H and O–H groups in total. The standard InChI is InChI=1S/C23H26N2/c1-18-12-14-19(15-13-18)16-23(25,21-10-6-3-7-11-21)17-22(24)20-8-4-2-5-9-20/h2-15,22H,16-17,24-25H2,1H3. The van der Waals surface area contributed by atoms with E-state index in [1.54, 1.807) is 0 Å². The van der Waals surface area contributed by atoms with Crippen molar-refractivity contribution in [1.29, 1.82) is 0 Å². The molecule has 25 heavy (non-hydrogen) atoms. The molecule has 0 fully saturated rings. The SMILES string of the molecule is Cc1ccc(CC(N)(CC(N)c2ccccc2)c2ccccc2)cc1. The van der Waals surface area contributed by atoms with Crippen molar-refractivity contribution in [1.82, 2.24) is 0 Å². The zero-order valence-electron chi connectivity index (χ0n) is 14.7. The van der Waals surface area contributed by atoms with Crippen LogP contribution in [-0.2, 0) is 12.0 Å². The Kier molecular flexibility index (Phi) is 5.32. The Morgan fingerprint density at radius 2 is 1.36 bits per heavy atom. The number of hydrogen-bond donors (Lipinski definition) is 2. The maximum Gasteiger partial charge on any atom is 0.0468 e. The fourth-order valence-electron chi connectivity index (χ4n) is 3.34. The lowest BCUT2D eigenvalue weighted by Gasteiger charge is -2.33. The molecule has 0 aliphatic carbocycles. The Morgan fingerprint density at radius 1 is 0.800 bits per heavy atom. The van der Waals surface area contributed by atoms with Crippen LogP contribution in [0.2, 0.25) is 0 Å². The number of hydrogen-bond acceptors (Lipinski definition) is 2. The number of rotatable bonds is 6. The van der Waals surface area contributed by atoms with Crippen LogP contribution in [0.4, 0.5) is 0 Å². The highest BCUT2D eigenvalue weighted by Gasteiger charge is 2.30. The van der Waals surface area contributed by atoms with Gasteiger partial charge in [0.1, 0.15) is 0 Å². The molecular formula is C23H26N2. The fourth-order valence-corrected chi connectivity index (χ4v) is 3.34. The van der Waals surface area contributed by atoms with E-state index in [4.69, 9.17) is 11.5 Å². The Morgan fingerprint density at radius 3 is 1.96 bits per heavy atom. The molecule has 0 spiro atoms. The molecule has 3 aromatic carbocycles. The predicted molar refractivity (Wildman–Crippen MR) is 105 cm³/mol. The van der Waals surface area contributed by atoms with E-state index >= 15 is 0 Å². The zero-order valence-corrected chi connectivity index (χ0v) is 14.7.